The lowest BCUT2D eigenvalue weighted by Gasteiger charge is -2.27. The molecule has 3 heteroatoms. The van der Waals surface area contributed by atoms with Gasteiger partial charge in [-0.3, -0.25) is 0 Å². The molecule has 2 atom stereocenters. The van der Waals surface area contributed by atoms with Gasteiger partial charge in [-0.1, -0.05) is 29.8 Å². The molecule has 0 radical (unpaired) electrons. The highest BCUT2D eigenvalue weighted by Gasteiger charge is 2.20. The first-order valence-electron chi connectivity index (χ1n) is 6.24. The molecule has 1 aromatic carbocycles. The fraction of sp³-hybridized carbons (Fsp3) is 0.571. The maximum atomic E-state index is 9.42. The van der Waals surface area contributed by atoms with Crippen molar-refractivity contribution in [2.75, 3.05) is 13.2 Å². The summed E-state index contributed by atoms with van der Waals surface area (Å²) < 4.78 is 11.3. The summed E-state index contributed by atoms with van der Waals surface area (Å²) in [6.45, 7) is 2.79. The van der Waals surface area contributed by atoms with E-state index >= 15 is 0 Å². The Bertz CT molecular complexity index is 345. The molecule has 2 unspecified atom stereocenters. The van der Waals surface area contributed by atoms with E-state index in [1.54, 1.807) is 0 Å². The maximum Gasteiger partial charge on any atom is 0.158 e. The first-order valence-corrected chi connectivity index (χ1v) is 6.24. The molecule has 1 aromatic rings. The fourth-order valence-corrected chi connectivity index (χ4v) is 2.10. The molecule has 2 rings (SSSR count). The van der Waals surface area contributed by atoms with Gasteiger partial charge in [0.05, 0.1) is 6.61 Å². The van der Waals surface area contributed by atoms with Crippen molar-refractivity contribution in [3.63, 3.8) is 0 Å². The van der Waals surface area contributed by atoms with E-state index in [0.717, 1.165) is 31.4 Å². The van der Waals surface area contributed by atoms with E-state index in [-0.39, 0.29) is 19.0 Å². The van der Waals surface area contributed by atoms with Crippen LogP contribution < -0.4 is 0 Å². The summed E-state index contributed by atoms with van der Waals surface area (Å²) in [4.78, 5) is 0. The predicted octanol–water partition coefficient (Wildman–Crippen LogP) is 2.57. The van der Waals surface area contributed by atoms with E-state index in [1.165, 1.54) is 5.56 Å². The maximum absolute atomic E-state index is 9.42. The lowest BCUT2D eigenvalue weighted by atomic mass is 10.1. The third-order valence-corrected chi connectivity index (χ3v) is 3.03. The van der Waals surface area contributed by atoms with E-state index in [4.69, 9.17) is 9.47 Å². The second-order valence-electron chi connectivity index (χ2n) is 4.52. The van der Waals surface area contributed by atoms with Crippen LogP contribution in [-0.2, 0) is 9.47 Å². The molecule has 0 amide bonds. The van der Waals surface area contributed by atoms with Gasteiger partial charge in [0.15, 0.2) is 6.29 Å². The van der Waals surface area contributed by atoms with Crippen LogP contribution in [0.15, 0.2) is 24.3 Å². The van der Waals surface area contributed by atoms with Gasteiger partial charge in [-0.2, -0.15) is 0 Å². The van der Waals surface area contributed by atoms with Gasteiger partial charge in [-0.15, -0.1) is 0 Å². The lowest BCUT2D eigenvalue weighted by molar-refractivity contribution is -0.196. The Hall–Kier alpha value is -0.900. The van der Waals surface area contributed by atoms with Crippen molar-refractivity contribution in [3.05, 3.63) is 35.4 Å². The number of aliphatic hydroxyl groups excluding tert-OH is 1. The molecule has 1 aliphatic rings. The molecular weight excluding hydrogens is 216 g/mol. The van der Waals surface area contributed by atoms with Gasteiger partial charge in [0.1, 0.15) is 6.10 Å². The Morgan fingerprint density at radius 1 is 1.47 bits per heavy atom. The topological polar surface area (TPSA) is 38.7 Å². The highest BCUT2D eigenvalue weighted by Crippen LogP contribution is 2.24. The number of aliphatic hydroxyl groups is 1. The van der Waals surface area contributed by atoms with E-state index in [0.29, 0.717) is 0 Å². The summed E-state index contributed by atoms with van der Waals surface area (Å²) in [6, 6.07) is 8.05. The molecule has 0 aromatic heterocycles. The molecule has 3 nitrogen and oxygen atoms in total. The van der Waals surface area contributed by atoms with Gasteiger partial charge in [-0.05, 0) is 31.7 Å². The quantitative estimate of drug-likeness (QED) is 0.873. The third-order valence-electron chi connectivity index (χ3n) is 3.03. The molecule has 1 heterocycles. The monoisotopic (exact) mass is 236 g/mol. The van der Waals surface area contributed by atoms with Crippen molar-refractivity contribution in [3.8, 4) is 0 Å². The summed E-state index contributed by atoms with van der Waals surface area (Å²) >= 11 is 0. The highest BCUT2D eigenvalue weighted by atomic mass is 16.7. The van der Waals surface area contributed by atoms with Crippen LogP contribution in [0.1, 0.15) is 36.5 Å². The van der Waals surface area contributed by atoms with Crippen LogP contribution in [0.5, 0.6) is 0 Å². The minimum Gasteiger partial charge on any atom is -0.393 e. The summed E-state index contributed by atoms with van der Waals surface area (Å²) in [5.74, 6) is 0. The Labute approximate surface area is 102 Å². The Balaban J connectivity index is 2.00. The second-order valence-corrected chi connectivity index (χ2v) is 4.52. The lowest BCUT2D eigenvalue weighted by Crippen LogP contribution is -2.25. The van der Waals surface area contributed by atoms with Crippen molar-refractivity contribution in [2.24, 2.45) is 0 Å². The molecule has 1 saturated heterocycles. The fourth-order valence-electron chi connectivity index (χ4n) is 2.10. The van der Waals surface area contributed by atoms with Crippen LogP contribution in [0.3, 0.4) is 0 Å². The predicted molar refractivity (Wildman–Crippen MR) is 65.7 cm³/mol. The zero-order chi connectivity index (χ0) is 12.1. The van der Waals surface area contributed by atoms with Crippen LogP contribution in [0, 0.1) is 6.92 Å². The Kier molecular flexibility index (Phi) is 4.54. The van der Waals surface area contributed by atoms with Crippen molar-refractivity contribution in [1.82, 2.24) is 0 Å². The summed E-state index contributed by atoms with van der Waals surface area (Å²) in [5, 5.41) is 9.42. The molecule has 17 heavy (non-hydrogen) atoms. The largest absolute Gasteiger partial charge is 0.393 e. The first kappa shape index (κ1) is 12.6. The minimum atomic E-state index is -0.280. The molecule has 0 aliphatic carbocycles. The normalized spacial score (nSPS) is 22.4. The second kappa shape index (κ2) is 6.15. The summed E-state index contributed by atoms with van der Waals surface area (Å²) in [7, 11) is 0. The first-order chi connectivity index (χ1) is 8.29. The minimum absolute atomic E-state index is 0.0106. The van der Waals surface area contributed by atoms with Crippen molar-refractivity contribution < 1.29 is 14.6 Å². The Morgan fingerprint density at radius 3 is 3.00 bits per heavy atom. The molecule has 0 saturated carbocycles. The van der Waals surface area contributed by atoms with Crippen LogP contribution in [0.25, 0.3) is 0 Å². The van der Waals surface area contributed by atoms with E-state index in [1.807, 2.05) is 31.2 Å². The number of aryl methyl sites for hydroxylation is 1. The standard InChI is InChI=1S/C14H20O3/c1-11-5-4-6-12(9-11)13(10-15)17-14-7-2-3-8-16-14/h4-6,9,13-15H,2-3,7-8,10H2,1H3. The molecule has 1 aliphatic heterocycles. The number of hydrogen-bond donors (Lipinski definition) is 1. The molecule has 1 N–H and O–H groups in total. The smallest absolute Gasteiger partial charge is 0.158 e. The van der Waals surface area contributed by atoms with Crippen LogP contribution in [0.4, 0.5) is 0 Å². The van der Waals surface area contributed by atoms with E-state index < -0.39 is 0 Å². The van der Waals surface area contributed by atoms with Gasteiger partial charge in [0.25, 0.3) is 0 Å². The van der Waals surface area contributed by atoms with Gasteiger partial charge in [0.2, 0.25) is 0 Å². The van der Waals surface area contributed by atoms with Crippen molar-refractivity contribution in [1.29, 1.82) is 0 Å². The number of rotatable bonds is 4. The zero-order valence-electron chi connectivity index (χ0n) is 10.3. The number of ether oxygens (including phenoxy) is 2. The summed E-state index contributed by atoms with van der Waals surface area (Å²) in [5.41, 5.74) is 2.19. The van der Waals surface area contributed by atoms with E-state index in [2.05, 4.69) is 0 Å². The molecule has 0 bridgehead atoms. The van der Waals surface area contributed by atoms with Crippen LogP contribution >= 0.6 is 0 Å². The van der Waals surface area contributed by atoms with Gasteiger partial charge >= 0.3 is 0 Å². The van der Waals surface area contributed by atoms with Crippen molar-refractivity contribution >= 4 is 0 Å². The van der Waals surface area contributed by atoms with Crippen molar-refractivity contribution in [2.45, 2.75) is 38.6 Å². The third kappa shape index (κ3) is 3.53. The average Bonchev–Trinajstić information content (AvgIpc) is 2.37. The highest BCUT2D eigenvalue weighted by molar-refractivity contribution is 5.24. The van der Waals surface area contributed by atoms with Crippen LogP contribution in [-0.4, -0.2) is 24.6 Å². The zero-order valence-corrected chi connectivity index (χ0v) is 10.3. The average molecular weight is 236 g/mol. The van der Waals surface area contributed by atoms with Gasteiger partial charge < -0.3 is 14.6 Å². The number of benzene rings is 1. The summed E-state index contributed by atoms with van der Waals surface area (Å²) in [6.07, 6.45) is 2.71. The SMILES string of the molecule is Cc1cccc(C(CO)OC2CCCCO2)c1. The van der Waals surface area contributed by atoms with Gasteiger partial charge in [-0.25, -0.2) is 0 Å². The van der Waals surface area contributed by atoms with Crippen LogP contribution in [0.2, 0.25) is 0 Å². The van der Waals surface area contributed by atoms with E-state index in [9.17, 15) is 5.11 Å². The number of hydrogen-bond acceptors (Lipinski definition) is 3. The Morgan fingerprint density at radius 2 is 2.35 bits per heavy atom. The molecule has 94 valence electrons. The molecular formula is C14H20O3. The molecule has 0 spiro atoms. The molecule has 1 fully saturated rings. The van der Waals surface area contributed by atoms with Gasteiger partial charge in [0, 0.05) is 6.61 Å².